The number of aryl methyl sites for hydroxylation is 1. The average molecular weight is 224 g/mol. The van der Waals surface area contributed by atoms with Crippen LogP contribution < -0.4 is 0 Å². The van der Waals surface area contributed by atoms with Gasteiger partial charge in [-0.2, -0.15) is 0 Å². The van der Waals surface area contributed by atoms with E-state index < -0.39 is 0 Å². The van der Waals surface area contributed by atoms with Crippen LogP contribution in [0.1, 0.15) is 11.3 Å². The van der Waals surface area contributed by atoms with Crippen LogP contribution >= 0.6 is 0 Å². The summed E-state index contributed by atoms with van der Waals surface area (Å²) in [6.07, 6.45) is 2.37. The third-order valence-electron chi connectivity index (χ3n) is 2.32. The second-order valence-corrected chi connectivity index (χ2v) is 3.67. The molecular formula is C14H12N2O. The van der Waals surface area contributed by atoms with Gasteiger partial charge in [0.25, 0.3) is 0 Å². The highest BCUT2D eigenvalue weighted by Gasteiger charge is 2.02. The highest BCUT2D eigenvalue weighted by molar-refractivity contribution is 6.36. The zero-order valence-corrected chi connectivity index (χ0v) is 9.50. The Bertz CT molecular complexity index is 530. The van der Waals surface area contributed by atoms with Crippen molar-refractivity contribution in [2.75, 3.05) is 0 Å². The summed E-state index contributed by atoms with van der Waals surface area (Å²) < 4.78 is 0. The van der Waals surface area contributed by atoms with Crippen molar-refractivity contribution in [2.45, 2.75) is 6.92 Å². The first-order chi connectivity index (χ1) is 8.29. The molecule has 1 aromatic heterocycles. The molecule has 0 saturated carbocycles. The number of benzene rings is 1. The standard InChI is InChI=1S/C14H12N2O/c1-11-5-7-12(8-6-11)16-14(10-17)13-4-2-3-9-15-13/h2-10H,1H3. The van der Waals surface area contributed by atoms with Gasteiger partial charge in [-0.25, -0.2) is 4.99 Å². The molecule has 0 unspecified atom stereocenters. The number of pyridine rings is 1. The fourth-order valence-electron chi connectivity index (χ4n) is 1.42. The van der Waals surface area contributed by atoms with Crippen molar-refractivity contribution in [3.63, 3.8) is 0 Å². The summed E-state index contributed by atoms with van der Waals surface area (Å²) >= 11 is 0. The number of hydrogen-bond donors (Lipinski definition) is 0. The number of carbonyl (C=O) groups excluding carboxylic acids is 1. The molecule has 0 aliphatic carbocycles. The van der Waals surface area contributed by atoms with Gasteiger partial charge in [0.2, 0.25) is 0 Å². The summed E-state index contributed by atoms with van der Waals surface area (Å²) in [4.78, 5) is 19.4. The molecule has 2 rings (SSSR count). The molecule has 2 aromatic rings. The summed E-state index contributed by atoms with van der Waals surface area (Å²) in [5, 5.41) is 0. The molecule has 0 radical (unpaired) electrons. The largest absolute Gasteiger partial charge is 0.296 e. The number of carbonyl (C=O) groups is 1. The zero-order chi connectivity index (χ0) is 12.1. The normalized spacial score (nSPS) is 11.2. The highest BCUT2D eigenvalue weighted by atomic mass is 16.1. The molecular weight excluding hydrogens is 212 g/mol. The lowest BCUT2D eigenvalue weighted by Gasteiger charge is -1.99. The lowest BCUT2D eigenvalue weighted by atomic mass is 10.2. The molecule has 1 heterocycles. The summed E-state index contributed by atoms with van der Waals surface area (Å²) in [7, 11) is 0. The molecule has 3 nitrogen and oxygen atoms in total. The van der Waals surface area contributed by atoms with Crippen LogP contribution in [0.3, 0.4) is 0 Å². The second-order valence-electron chi connectivity index (χ2n) is 3.67. The van der Waals surface area contributed by atoms with Gasteiger partial charge in [0.15, 0.2) is 6.29 Å². The van der Waals surface area contributed by atoms with E-state index in [9.17, 15) is 4.79 Å². The summed E-state index contributed by atoms with van der Waals surface area (Å²) in [5.41, 5.74) is 2.84. The number of nitrogens with zero attached hydrogens (tertiary/aromatic N) is 2. The third kappa shape index (κ3) is 2.84. The maximum absolute atomic E-state index is 11.0. The molecule has 0 amide bonds. The van der Waals surface area contributed by atoms with E-state index >= 15 is 0 Å². The highest BCUT2D eigenvalue weighted by Crippen LogP contribution is 2.13. The molecule has 0 N–H and O–H groups in total. The van der Waals surface area contributed by atoms with Crippen LogP contribution in [0.2, 0.25) is 0 Å². The van der Waals surface area contributed by atoms with Crippen molar-refractivity contribution < 1.29 is 4.79 Å². The van der Waals surface area contributed by atoms with Crippen molar-refractivity contribution in [1.82, 2.24) is 4.98 Å². The van der Waals surface area contributed by atoms with Gasteiger partial charge < -0.3 is 0 Å². The van der Waals surface area contributed by atoms with Crippen LogP contribution in [0.15, 0.2) is 53.7 Å². The third-order valence-corrected chi connectivity index (χ3v) is 2.32. The van der Waals surface area contributed by atoms with Gasteiger partial charge in [0.1, 0.15) is 5.71 Å². The van der Waals surface area contributed by atoms with Crippen LogP contribution in [0, 0.1) is 6.92 Å². The van der Waals surface area contributed by atoms with Gasteiger partial charge >= 0.3 is 0 Å². The molecule has 0 spiro atoms. The minimum absolute atomic E-state index is 0.342. The number of hydrogen-bond acceptors (Lipinski definition) is 3. The van der Waals surface area contributed by atoms with Gasteiger partial charge in [-0.05, 0) is 31.2 Å². The molecule has 17 heavy (non-hydrogen) atoms. The lowest BCUT2D eigenvalue weighted by Crippen LogP contribution is -2.03. The van der Waals surface area contributed by atoms with Crippen molar-refractivity contribution in [2.24, 2.45) is 4.99 Å². The van der Waals surface area contributed by atoms with Crippen LogP contribution in [0.5, 0.6) is 0 Å². The Morgan fingerprint density at radius 2 is 1.94 bits per heavy atom. The quantitative estimate of drug-likeness (QED) is 0.594. The van der Waals surface area contributed by atoms with E-state index in [4.69, 9.17) is 0 Å². The number of aromatic nitrogens is 1. The Morgan fingerprint density at radius 3 is 2.53 bits per heavy atom. The molecule has 3 heteroatoms. The summed E-state index contributed by atoms with van der Waals surface area (Å²) in [6.45, 7) is 2.01. The smallest absolute Gasteiger partial charge is 0.170 e. The number of aldehydes is 1. The molecule has 0 saturated heterocycles. The van der Waals surface area contributed by atoms with Crippen molar-refractivity contribution in [3.05, 3.63) is 59.9 Å². The Balaban J connectivity index is 2.36. The number of rotatable bonds is 3. The molecule has 1 aromatic carbocycles. The molecule has 0 bridgehead atoms. The molecule has 0 aliphatic heterocycles. The van der Waals surface area contributed by atoms with Crippen molar-refractivity contribution >= 4 is 17.7 Å². The molecule has 0 aliphatic rings. The molecule has 0 atom stereocenters. The fraction of sp³-hybridized carbons (Fsp3) is 0.0714. The van der Waals surface area contributed by atoms with Crippen molar-refractivity contribution in [3.8, 4) is 0 Å². The van der Waals surface area contributed by atoms with Crippen molar-refractivity contribution in [1.29, 1.82) is 0 Å². The maximum atomic E-state index is 11.0. The van der Waals surface area contributed by atoms with E-state index in [1.54, 1.807) is 18.3 Å². The van der Waals surface area contributed by atoms with E-state index in [0.717, 1.165) is 17.5 Å². The lowest BCUT2D eigenvalue weighted by molar-refractivity contribution is -0.102. The minimum atomic E-state index is 0.342. The first-order valence-corrected chi connectivity index (χ1v) is 5.31. The van der Waals surface area contributed by atoms with Gasteiger partial charge in [-0.1, -0.05) is 23.8 Å². The first-order valence-electron chi connectivity index (χ1n) is 5.31. The Morgan fingerprint density at radius 1 is 1.18 bits per heavy atom. The average Bonchev–Trinajstić information content (AvgIpc) is 2.39. The topological polar surface area (TPSA) is 42.3 Å². The maximum Gasteiger partial charge on any atom is 0.170 e. The molecule has 84 valence electrons. The van der Waals surface area contributed by atoms with E-state index in [1.807, 2.05) is 37.3 Å². The van der Waals surface area contributed by atoms with Gasteiger partial charge in [-0.15, -0.1) is 0 Å². The van der Waals surface area contributed by atoms with Crippen LogP contribution in [-0.4, -0.2) is 17.0 Å². The van der Waals surface area contributed by atoms with E-state index in [1.165, 1.54) is 0 Å². The summed E-state index contributed by atoms with van der Waals surface area (Å²) in [5.74, 6) is 0. The minimum Gasteiger partial charge on any atom is -0.296 e. The molecule has 0 fully saturated rings. The Hall–Kier alpha value is -2.29. The van der Waals surface area contributed by atoms with E-state index in [-0.39, 0.29) is 0 Å². The van der Waals surface area contributed by atoms with E-state index in [0.29, 0.717) is 11.4 Å². The van der Waals surface area contributed by atoms with Crippen LogP contribution in [0.4, 0.5) is 5.69 Å². The Kier molecular flexibility index (Phi) is 3.40. The zero-order valence-electron chi connectivity index (χ0n) is 9.50. The van der Waals surface area contributed by atoms with Crippen LogP contribution in [0.25, 0.3) is 0 Å². The predicted molar refractivity (Wildman–Crippen MR) is 67.7 cm³/mol. The summed E-state index contributed by atoms with van der Waals surface area (Å²) in [6, 6.07) is 13.1. The second kappa shape index (κ2) is 5.16. The van der Waals surface area contributed by atoms with Gasteiger partial charge in [0, 0.05) is 6.20 Å². The monoisotopic (exact) mass is 224 g/mol. The van der Waals surface area contributed by atoms with Gasteiger partial charge in [-0.3, -0.25) is 9.78 Å². The van der Waals surface area contributed by atoms with Gasteiger partial charge in [0.05, 0.1) is 11.4 Å². The first kappa shape index (κ1) is 11.2. The predicted octanol–water partition coefficient (Wildman–Crippen LogP) is 2.71. The van der Waals surface area contributed by atoms with Crippen LogP contribution in [-0.2, 0) is 4.79 Å². The number of aliphatic imine (C=N–C) groups is 1. The Labute approximate surface area is 99.9 Å². The SMILES string of the molecule is Cc1ccc(N=C(C=O)c2ccccn2)cc1. The van der Waals surface area contributed by atoms with E-state index in [2.05, 4.69) is 9.98 Å². The fourth-order valence-corrected chi connectivity index (χ4v) is 1.42.